The minimum absolute atomic E-state index is 0.644. The Labute approximate surface area is 81.4 Å². The number of hydrogen-bond acceptors (Lipinski definition) is 1. The smallest absolute Gasteiger partial charge is 0.211 e. The van der Waals surface area contributed by atoms with Gasteiger partial charge in [-0.05, 0) is 12.1 Å². The van der Waals surface area contributed by atoms with Crippen LogP contribution in [-0.4, -0.2) is 11.4 Å². The van der Waals surface area contributed by atoms with Gasteiger partial charge in [0.2, 0.25) is 6.41 Å². The van der Waals surface area contributed by atoms with E-state index in [1.807, 2.05) is 36.5 Å². The Morgan fingerprint density at radius 3 is 3.00 bits per heavy atom. The van der Waals surface area contributed by atoms with Gasteiger partial charge in [-0.3, -0.25) is 4.79 Å². The average molecular weight is 186 g/mol. The first-order valence-electron chi connectivity index (χ1n) is 4.34. The Morgan fingerprint density at radius 2 is 2.14 bits per heavy atom. The molecule has 0 radical (unpaired) electrons. The lowest BCUT2D eigenvalue weighted by Gasteiger charge is -1.90. The molecule has 0 aliphatic carbocycles. The molecule has 2 rings (SSSR count). The summed E-state index contributed by atoms with van der Waals surface area (Å²) < 4.78 is 0. The fourth-order valence-electron chi connectivity index (χ4n) is 1.41. The normalized spacial score (nSPS) is 10.9. The SMILES string of the molecule is O=CNC=Cc1c[nH]c2ccccc12. The molecule has 14 heavy (non-hydrogen) atoms. The highest BCUT2D eigenvalue weighted by Crippen LogP contribution is 2.18. The maximum absolute atomic E-state index is 10.0. The molecular weight excluding hydrogens is 176 g/mol. The summed E-state index contributed by atoms with van der Waals surface area (Å²) in [7, 11) is 0. The lowest BCUT2D eigenvalue weighted by molar-refractivity contribution is -0.108. The van der Waals surface area contributed by atoms with E-state index < -0.39 is 0 Å². The number of fused-ring (bicyclic) bond motifs is 1. The molecule has 0 bridgehead atoms. The van der Waals surface area contributed by atoms with E-state index in [-0.39, 0.29) is 0 Å². The Hall–Kier alpha value is -2.03. The fraction of sp³-hybridized carbons (Fsp3) is 0. The van der Waals surface area contributed by atoms with Crippen molar-refractivity contribution >= 4 is 23.4 Å². The predicted octanol–water partition coefficient (Wildman–Crippen LogP) is 1.88. The van der Waals surface area contributed by atoms with Crippen molar-refractivity contribution in [1.82, 2.24) is 10.3 Å². The molecule has 0 saturated carbocycles. The summed E-state index contributed by atoms with van der Waals surface area (Å²) in [6, 6.07) is 8.02. The van der Waals surface area contributed by atoms with Gasteiger partial charge >= 0.3 is 0 Å². The zero-order valence-electron chi connectivity index (χ0n) is 7.53. The summed E-state index contributed by atoms with van der Waals surface area (Å²) in [5, 5.41) is 3.63. The van der Waals surface area contributed by atoms with Crippen LogP contribution >= 0.6 is 0 Å². The van der Waals surface area contributed by atoms with Crippen molar-refractivity contribution in [3.05, 3.63) is 42.2 Å². The van der Waals surface area contributed by atoms with Crippen LogP contribution in [0.3, 0.4) is 0 Å². The van der Waals surface area contributed by atoms with Gasteiger partial charge in [-0.1, -0.05) is 18.2 Å². The first-order valence-corrected chi connectivity index (χ1v) is 4.34. The zero-order chi connectivity index (χ0) is 9.80. The highest BCUT2D eigenvalue weighted by molar-refractivity contribution is 5.88. The Morgan fingerprint density at radius 1 is 1.29 bits per heavy atom. The van der Waals surface area contributed by atoms with Crippen LogP contribution in [0.1, 0.15) is 5.56 Å². The van der Waals surface area contributed by atoms with E-state index in [2.05, 4.69) is 10.3 Å². The Balaban J connectivity index is 2.38. The van der Waals surface area contributed by atoms with Crippen molar-refractivity contribution in [2.24, 2.45) is 0 Å². The first kappa shape index (κ1) is 8.56. The number of amides is 1. The molecule has 0 spiro atoms. The van der Waals surface area contributed by atoms with Crippen LogP contribution in [0.4, 0.5) is 0 Å². The number of carbonyl (C=O) groups is 1. The largest absolute Gasteiger partial charge is 0.361 e. The van der Waals surface area contributed by atoms with Gasteiger partial charge in [0, 0.05) is 28.9 Å². The molecule has 1 aromatic heterocycles. The standard InChI is InChI=1S/C11H10N2O/c14-8-12-6-5-9-7-13-11-4-2-1-3-10(9)11/h1-8,13H,(H,12,14). The van der Waals surface area contributed by atoms with Gasteiger partial charge in [0.15, 0.2) is 0 Å². The highest BCUT2D eigenvalue weighted by atomic mass is 16.1. The second-order valence-electron chi connectivity index (χ2n) is 2.91. The van der Waals surface area contributed by atoms with Crippen LogP contribution in [0.25, 0.3) is 17.0 Å². The molecule has 0 aliphatic heterocycles. The fourth-order valence-corrected chi connectivity index (χ4v) is 1.41. The molecule has 1 heterocycles. The third-order valence-corrected chi connectivity index (χ3v) is 2.05. The summed E-state index contributed by atoms with van der Waals surface area (Å²) in [6.45, 7) is 0. The zero-order valence-corrected chi connectivity index (χ0v) is 7.53. The molecule has 2 N–H and O–H groups in total. The van der Waals surface area contributed by atoms with E-state index in [9.17, 15) is 4.79 Å². The average Bonchev–Trinajstić information content (AvgIpc) is 2.63. The van der Waals surface area contributed by atoms with Gasteiger partial charge in [0.25, 0.3) is 0 Å². The van der Waals surface area contributed by atoms with E-state index >= 15 is 0 Å². The maximum atomic E-state index is 10.0. The van der Waals surface area contributed by atoms with Gasteiger partial charge in [-0.2, -0.15) is 0 Å². The maximum Gasteiger partial charge on any atom is 0.211 e. The van der Waals surface area contributed by atoms with Crippen molar-refractivity contribution in [1.29, 1.82) is 0 Å². The van der Waals surface area contributed by atoms with E-state index in [1.54, 1.807) is 6.20 Å². The van der Waals surface area contributed by atoms with E-state index in [0.717, 1.165) is 16.5 Å². The number of aromatic nitrogens is 1. The number of carbonyl (C=O) groups excluding carboxylic acids is 1. The lowest BCUT2D eigenvalue weighted by Crippen LogP contribution is -1.97. The third-order valence-electron chi connectivity index (χ3n) is 2.05. The quantitative estimate of drug-likeness (QED) is 0.706. The molecule has 2 aromatic rings. The molecule has 0 saturated heterocycles. The second kappa shape index (κ2) is 3.79. The van der Waals surface area contributed by atoms with Gasteiger partial charge in [0.1, 0.15) is 0 Å². The van der Waals surface area contributed by atoms with Crippen LogP contribution in [0.15, 0.2) is 36.7 Å². The number of para-hydroxylation sites is 1. The van der Waals surface area contributed by atoms with Crippen molar-refractivity contribution < 1.29 is 4.79 Å². The van der Waals surface area contributed by atoms with Crippen molar-refractivity contribution in [2.75, 3.05) is 0 Å². The van der Waals surface area contributed by atoms with E-state index in [0.29, 0.717) is 6.41 Å². The van der Waals surface area contributed by atoms with Crippen LogP contribution in [0.2, 0.25) is 0 Å². The number of H-pyrrole nitrogens is 1. The molecule has 70 valence electrons. The molecular formula is C11H10N2O. The minimum atomic E-state index is 0.644. The second-order valence-corrected chi connectivity index (χ2v) is 2.91. The molecule has 3 heteroatoms. The third kappa shape index (κ3) is 1.52. The summed E-state index contributed by atoms with van der Waals surface area (Å²) in [6.07, 6.45) is 6.02. The Kier molecular flexibility index (Phi) is 2.32. The van der Waals surface area contributed by atoms with Crippen molar-refractivity contribution in [2.45, 2.75) is 0 Å². The molecule has 1 amide bonds. The van der Waals surface area contributed by atoms with Crippen molar-refractivity contribution in [3.8, 4) is 0 Å². The number of hydrogen-bond donors (Lipinski definition) is 2. The van der Waals surface area contributed by atoms with Gasteiger partial charge in [0.05, 0.1) is 0 Å². The van der Waals surface area contributed by atoms with E-state index in [1.165, 1.54) is 0 Å². The summed E-state index contributed by atoms with van der Waals surface area (Å²) in [5.41, 5.74) is 2.16. The summed E-state index contributed by atoms with van der Waals surface area (Å²) in [5.74, 6) is 0. The number of aromatic amines is 1. The topological polar surface area (TPSA) is 44.9 Å². The van der Waals surface area contributed by atoms with Crippen LogP contribution in [0.5, 0.6) is 0 Å². The number of nitrogens with one attached hydrogen (secondary N) is 2. The molecule has 1 aromatic carbocycles. The summed E-state index contributed by atoms with van der Waals surface area (Å²) in [4.78, 5) is 13.2. The van der Waals surface area contributed by atoms with Crippen LogP contribution in [0, 0.1) is 0 Å². The van der Waals surface area contributed by atoms with Gasteiger partial charge in [-0.25, -0.2) is 0 Å². The monoisotopic (exact) mass is 186 g/mol. The minimum Gasteiger partial charge on any atom is -0.361 e. The predicted molar refractivity (Wildman–Crippen MR) is 56.5 cm³/mol. The summed E-state index contributed by atoms with van der Waals surface area (Å²) >= 11 is 0. The van der Waals surface area contributed by atoms with Crippen LogP contribution in [-0.2, 0) is 4.79 Å². The number of benzene rings is 1. The van der Waals surface area contributed by atoms with Gasteiger partial charge < -0.3 is 10.3 Å². The van der Waals surface area contributed by atoms with Crippen molar-refractivity contribution in [3.63, 3.8) is 0 Å². The molecule has 3 nitrogen and oxygen atoms in total. The van der Waals surface area contributed by atoms with Crippen LogP contribution < -0.4 is 5.32 Å². The highest BCUT2D eigenvalue weighted by Gasteiger charge is 1.97. The molecule has 0 fully saturated rings. The van der Waals surface area contributed by atoms with E-state index in [4.69, 9.17) is 0 Å². The Bertz CT molecular complexity index is 471. The number of rotatable bonds is 3. The first-order chi connectivity index (χ1) is 6.92. The van der Waals surface area contributed by atoms with Gasteiger partial charge in [-0.15, -0.1) is 0 Å². The molecule has 0 aliphatic rings. The molecule has 0 unspecified atom stereocenters. The molecule has 0 atom stereocenters. The lowest BCUT2D eigenvalue weighted by atomic mass is 10.2.